The maximum Gasteiger partial charge on any atom is 0.171 e. The Kier molecular flexibility index (Phi) is 4.38. The summed E-state index contributed by atoms with van der Waals surface area (Å²) in [6, 6.07) is 11.6. The smallest absolute Gasteiger partial charge is 0.171 e. The predicted octanol–water partition coefficient (Wildman–Crippen LogP) is 4.09. The van der Waals surface area contributed by atoms with Gasteiger partial charge < -0.3 is 15.1 Å². The summed E-state index contributed by atoms with van der Waals surface area (Å²) in [7, 11) is 0. The van der Waals surface area contributed by atoms with Crippen molar-refractivity contribution in [1.82, 2.24) is 5.32 Å². The monoisotopic (exact) mass is 324 g/mol. The third kappa shape index (κ3) is 3.58. The van der Waals surface area contributed by atoms with Crippen LogP contribution in [0.5, 0.6) is 0 Å². The molecule has 2 N–H and O–H groups in total. The van der Waals surface area contributed by atoms with Gasteiger partial charge in [0.25, 0.3) is 0 Å². The van der Waals surface area contributed by atoms with Crippen molar-refractivity contribution in [3.63, 3.8) is 0 Å². The van der Waals surface area contributed by atoms with E-state index in [-0.39, 0.29) is 6.04 Å². The van der Waals surface area contributed by atoms with Crippen molar-refractivity contribution >= 4 is 38.9 Å². The number of anilines is 1. The van der Waals surface area contributed by atoms with Gasteiger partial charge in [-0.1, -0.05) is 22.0 Å². The molecule has 94 valence electrons. The van der Waals surface area contributed by atoms with Gasteiger partial charge in [0.15, 0.2) is 5.11 Å². The van der Waals surface area contributed by atoms with E-state index in [0.29, 0.717) is 5.11 Å². The summed E-state index contributed by atoms with van der Waals surface area (Å²) in [5.41, 5.74) is 0.938. The Morgan fingerprint density at radius 2 is 2.17 bits per heavy atom. The van der Waals surface area contributed by atoms with Gasteiger partial charge in [-0.3, -0.25) is 0 Å². The van der Waals surface area contributed by atoms with Crippen molar-refractivity contribution < 1.29 is 4.42 Å². The molecule has 0 fully saturated rings. The van der Waals surface area contributed by atoms with E-state index in [0.717, 1.165) is 15.9 Å². The molecule has 3 nitrogen and oxygen atoms in total. The second-order valence-corrected chi connectivity index (χ2v) is 5.17. The molecule has 0 saturated heterocycles. The Morgan fingerprint density at radius 1 is 1.33 bits per heavy atom. The lowest BCUT2D eigenvalue weighted by Crippen LogP contribution is -2.30. The van der Waals surface area contributed by atoms with E-state index in [1.165, 1.54) is 0 Å². The minimum atomic E-state index is 0.0344. The van der Waals surface area contributed by atoms with Gasteiger partial charge in [0, 0.05) is 10.2 Å². The lowest BCUT2D eigenvalue weighted by atomic mass is 10.2. The predicted molar refractivity (Wildman–Crippen MR) is 80.6 cm³/mol. The molecule has 18 heavy (non-hydrogen) atoms. The molecule has 2 aromatic rings. The molecule has 1 atom stereocenters. The van der Waals surface area contributed by atoms with Gasteiger partial charge in [0.1, 0.15) is 5.76 Å². The SMILES string of the molecule is C[C@@H](NC(=S)Nc1cccc(Br)c1)c1ccco1. The Labute approximate surface area is 120 Å². The van der Waals surface area contributed by atoms with Gasteiger partial charge in [-0.25, -0.2) is 0 Å². The van der Waals surface area contributed by atoms with Crippen LogP contribution in [0.4, 0.5) is 5.69 Å². The molecule has 2 rings (SSSR count). The van der Waals surface area contributed by atoms with Crippen molar-refractivity contribution in [2.45, 2.75) is 13.0 Å². The van der Waals surface area contributed by atoms with Crippen molar-refractivity contribution in [3.8, 4) is 0 Å². The van der Waals surface area contributed by atoms with E-state index in [2.05, 4.69) is 26.6 Å². The van der Waals surface area contributed by atoms with Crippen LogP contribution >= 0.6 is 28.1 Å². The fraction of sp³-hybridized carbons (Fsp3) is 0.154. The third-order valence-corrected chi connectivity index (χ3v) is 3.11. The maximum absolute atomic E-state index is 5.31. The number of thiocarbonyl (C=S) groups is 1. The zero-order valence-corrected chi connectivity index (χ0v) is 12.2. The van der Waals surface area contributed by atoms with Crippen LogP contribution in [0.15, 0.2) is 51.6 Å². The van der Waals surface area contributed by atoms with Gasteiger partial charge in [-0.2, -0.15) is 0 Å². The molecule has 0 spiro atoms. The van der Waals surface area contributed by atoms with Gasteiger partial charge >= 0.3 is 0 Å². The van der Waals surface area contributed by atoms with E-state index >= 15 is 0 Å². The topological polar surface area (TPSA) is 37.2 Å². The van der Waals surface area contributed by atoms with Gasteiger partial charge in [-0.05, 0) is 49.5 Å². The molecule has 0 aliphatic heterocycles. The van der Waals surface area contributed by atoms with Crippen LogP contribution in [0.3, 0.4) is 0 Å². The van der Waals surface area contributed by atoms with E-state index in [1.807, 2.05) is 43.3 Å². The molecule has 0 radical (unpaired) electrons. The lowest BCUT2D eigenvalue weighted by Gasteiger charge is -2.15. The highest BCUT2D eigenvalue weighted by molar-refractivity contribution is 9.10. The van der Waals surface area contributed by atoms with Crippen molar-refractivity contribution in [2.75, 3.05) is 5.32 Å². The first-order chi connectivity index (χ1) is 8.65. The van der Waals surface area contributed by atoms with E-state index in [4.69, 9.17) is 16.6 Å². The van der Waals surface area contributed by atoms with Crippen molar-refractivity contribution in [2.24, 2.45) is 0 Å². The van der Waals surface area contributed by atoms with Gasteiger partial charge in [0.05, 0.1) is 12.3 Å². The van der Waals surface area contributed by atoms with Gasteiger partial charge in [0.2, 0.25) is 0 Å². The molecule has 0 amide bonds. The molecule has 0 saturated carbocycles. The Balaban J connectivity index is 1.93. The summed E-state index contributed by atoms with van der Waals surface area (Å²) in [5, 5.41) is 6.85. The summed E-state index contributed by atoms with van der Waals surface area (Å²) >= 11 is 8.67. The fourth-order valence-corrected chi connectivity index (χ4v) is 2.23. The Hall–Kier alpha value is -1.33. The molecule has 1 aromatic heterocycles. The molecule has 0 aliphatic rings. The van der Waals surface area contributed by atoms with Crippen molar-refractivity contribution in [1.29, 1.82) is 0 Å². The molecule has 1 aromatic carbocycles. The number of hydrogen-bond donors (Lipinski definition) is 2. The van der Waals surface area contributed by atoms with Crippen LogP contribution in [-0.2, 0) is 0 Å². The first-order valence-corrected chi connectivity index (χ1v) is 6.72. The lowest BCUT2D eigenvalue weighted by molar-refractivity contribution is 0.464. The van der Waals surface area contributed by atoms with Crippen LogP contribution in [0.25, 0.3) is 0 Å². The minimum absolute atomic E-state index is 0.0344. The summed E-state index contributed by atoms with van der Waals surface area (Å²) in [5.74, 6) is 0.855. The number of nitrogens with one attached hydrogen (secondary N) is 2. The van der Waals surface area contributed by atoms with Gasteiger partial charge in [-0.15, -0.1) is 0 Å². The average Bonchev–Trinajstić information content (AvgIpc) is 2.81. The van der Waals surface area contributed by atoms with Crippen molar-refractivity contribution in [3.05, 3.63) is 52.9 Å². The zero-order chi connectivity index (χ0) is 13.0. The highest BCUT2D eigenvalue weighted by Gasteiger charge is 2.09. The average molecular weight is 325 g/mol. The second-order valence-electron chi connectivity index (χ2n) is 3.85. The minimum Gasteiger partial charge on any atom is -0.467 e. The molecule has 5 heteroatoms. The van der Waals surface area contributed by atoms with E-state index < -0.39 is 0 Å². The highest BCUT2D eigenvalue weighted by Crippen LogP contribution is 2.16. The first-order valence-electron chi connectivity index (χ1n) is 5.51. The fourth-order valence-electron chi connectivity index (χ4n) is 1.54. The number of furan rings is 1. The number of benzene rings is 1. The van der Waals surface area contributed by atoms with Crippen LogP contribution < -0.4 is 10.6 Å². The van der Waals surface area contributed by atoms with Crippen LogP contribution in [0, 0.1) is 0 Å². The van der Waals surface area contributed by atoms with E-state index in [9.17, 15) is 0 Å². The number of hydrogen-bond acceptors (Lipinski definition) is 2. The van der Waals surface area contributed by atoms with Crippen LogP contribution in [-0.4, -0.2) is 5.11 Å². The summed E-state index contributed by atoms with van der Waals surface area (Å²) in [6.07, 6.45) is 1.65. The summed E-state index contributed by atoms with van der Waals surface area (Å²) in [4.78, 5) is 0. The summed E-state index contributed by atoms with van der Waals surface area (Å²) in [6.45, 7) is 1.99. The summed E-state index contributed by atoms with van der Waals surface area (Å²) < 4.78 is 6.32. The second kappa shape index (κ2) is 6.02. The quantitative estimate of drug-likeness (QED) is 0.834. The molecular weight excluding hydrogens is 312 g/mol. The third-order valence-electron chi connectivity index (χ3n) is 2.40. The molecule has 0 bridgehead atoms. The molecular formula is C13H13BrN2OS. The van der Waals surface area contributed by atoms with Crippen LogP contribution in [0.1, 0.15) is 18.7 Å². The van der Waals surface area contributed by atoms with Crippen LogP contribution in [0.2, 0.25) is 0 Å². The highest BCUT2D eigenvalue weighted by atomic mass is 79.9. The number of halogens is 1. The largest absolute Gasteiger partial charge is 0.467 e. The molecule has 0 aliphatic carbocycles. The Bertz CT molecular complexity index is 528. The Morgan fingerprint density at radius 3 is 2.83 bits per heavy atom. The zero-order valence-electron chi connectivity index (χ0n) is 9.81. The number of rotatable bonds is 3. The normalized spacial score (nSPS) is 11.9. The first kappa shape index (κ1) is 13.1. The molecule has 1 heterocycles. The maximum atomic E-state index is 5.31. The van der Waals surface area contributed by atoms with E-state index in [1.54, 1.807) is 6.26 Å². The molecule has 0 unspecified atom stereocenters. The standard InChI is InChI=1S/C13H13BrN2OS/c1-9(12-6-3-7-17-12)15-13(18)16-11-5-2-4-10(14)8-11/h2-9H,1H3,(H2,15,16,18)/t9-/m1/s1.